The van der Waals surface area contributed by atoms with Gasteiger partial charge >= 0.3 is 5.97 Å². The average molecular weight is 279 g/mol. The second-order valence-electron chi connectivity index (χ2n) is 6.36. The maximum absolute atomic E-state index is 11.4. The number of phenolic OH excluding ortho intramolecular Hbond substituents is 1. The van der Waals surface area contributed by atoms with Crippen LogP contribution in [-0.4, -0.2) is 22.6 Å². The maximum Gasteiger partial charge on any atom is 0.313 e. The minimum absolute atomic E-state index is 0.144. The topological polar surface area (TPSA) is 86.6 Å². The normalized spacial score (nSPS) is 12.1. The Morgan fingerprint density at radius 3 is 2.10 bits per heavy atom. The molecule has 0 aliphatic rings. The van der Waals surface area contributed by atoms with Gasteiger partial charge in [-0.05, 0) is 30.9 Å². The van der Waals surface area contributed by atoms with E-state index in [1.807, 2.05) is 20.8 Å². The molecule has 5 nitrogen and oxygen atoms in total. The number of carbonyl (C=O) groups is 2. The quantitative estimate of drug-likeness (QED) is 0.739. The van der Waals surface area contributed by atoms with Crippen molar-refractivity contribution in [2.75, 3.05) is 5.32 Å². The molecule has 1 rings (SSSR count). The highest BCUT2D eigenvalue weighted by molar-refractivity contribution is 5.83. The minimum atomic E-state index is -1.22. The van der Waals surface area contributed by atoms with Gasteiger partial charge in [0.2, 0.25) is 6.41 Å². The van der Waals surface area contributed by atoms with Crippen LogP contribution in [0.3, 0.4) is 0 Å². The first kappa shape index (κ1) is 16.0. The number of carbonyl (C=O) groups excluding carboxylic acids is 1. The van der Waals surface area contributed by atoms with Crippen LogP contribution in [0.4, 0.5) is 5.69 Å². The first-order valence-corrected chi connectivity index (χ1v) is 6.33. The lowest BCUT2D eigenvalue weighted by molar-refractivity contribution is -0.142. The number of nitrogens with one attached hydrogen (secondary N) is 1. The molecule has 0 saturated heterocycles. The molecule has 1 aromatic carbocycles. The van der Waals surface area contributed by atoms with Gasteiger partial charge in [0.25, 0.3) is 0 Å². The zero-order valence-electron chi connectivity index (χ0n) is 12.4. The van der Waals surface area contributed by atoms with E-state index in [1.54, 1.807) is 6.07 Å². The van der Waals surface area contributed by atoms with Crippen molar-refractivity contribution in [2.24, 2.45) is 0 Å². The smallest absolute Gasteiger partial charge is 0.313 e. The van der Waals surface area contributed by atoms with Crippen LogP contribution >= 0.6 is 0 Å². The number of amides is 1. The lowest BCUT2D eigenvalue weighted by Crippen LogP contribution is -2.29. The number of hydrogen-bond donors (Lipinski definition) is 3. The summed E-state index contributed by atoms with van der Waals surface area (Å²) >= 11 is 0. The molecule has 0 radical (unpaired) electrons. The third kappa shape index (κ3) is 2.92. The zero-order chi connectivity index (χ0) is 15.7. The highest BCUT2D eigenvalue weighted by Crippen LogP contribution is 2.39. The molecule has 20 heavy (non-hydrogen) atoms. The molecule has 1 amide bonds. The summed E-state index contributed by atoms with van der Waals surface area (Å²) < 4.78 is 0. The maximum atomic E-state index is 11.4. The molecule has 0 aliphatic carbocycles. The van der Waals surface area contributed by atoms with E-state index in [0.717, 1.165) is 5.56 Å². The fourth-order valence-corrected chi connectivity index (χ4v) is 2.01. The SMILES string of the molecule is CC(C)(C)c1cc(C(C)(C)C(=O)O)c(O)cc1NC=O. The highest BCUT2D eigenvalue weighted by Gasteiger charge is 2.34. The van der Waals surface area contributed by atoms with Gasteiger partial charge in [-0.1, -0.05) is 20.8 Å². The summed E-state index contributed by atoms with van der Waals surface area (Å²) in [5.41, 5.74) is 0.0552. The van der Waals surface area contributed by atoms with E-state index in [2.05, 4.69) is 5.32 Å². The standard InChI is InChI=1S/C15H21NO4/c1-14(2,3)9-6-10(15(4,5)13(19)20)12(18)7-11(9)16-8-17/h6-8,18H,1-5H3,(H,16,17)(H,19,20). The predicted molar refractivity (Wildman–Crippen MR) is 77.2 cm³/mol. The Morgan fingerprint density at radius 2 is 1.70 bits per heavy atom. The third-order valence-electron chi connectivity index (χ3n) is 3.37. The summed E-state index contributed by atoms with van der Waals surface area (Å²) in [5, 5.41) is 21.9. The predicted octanol–water partition coefficient (Wildman–Crippen LogP) is 2.62. The number of phenols is 1. The minimum Gasteiger partial charge on any atom is -0.508 e. The molecule has 0 spiro atoms. The van der Waals surface area contributed by atoms with E-state index in [-0.39, 0.29) is 11.2 Å². The second kappa shape index (κ2) is 5.15. The van der Waals surface area contributed by atoms with Crippen molar-refractivity contribution in [1.29, 1.82) is 0 Å². The van der Waals surface area contributed by atoms with Crippen LogP contribution in [0.25, 0.3) is 0 Å². The Morgan fingerprint density at radius 1 is 1.15 bits per heavy atom. The van der Waals surface area contributed by atoms with E-state index in [1.165, 1.54) is 19.9 Å². The summed E-state index contributed by atoms with van der Waals surface area (Å²) in [6, 6.07) is 3.05. The molecule has 5 heteroatoms. The van der Waals surface area contributed by atoms with Gasteiger partial charge in [-0.25, -0.2) is 0 Å². The van der Waals surface area contributed by atoms with E-state index in [9.17, 15) is 19.8 Å². The Kier molecular flexibility index (Phi) is 4.12. The van der Waals surface area contributed by atoms with Crippen molar-refractivity contribution in [3.8, 4) is 5.75 Å². The van der Waals surface area contributed by atoms with Crippen molar-refractivity contribution in [3.05, 3.63) is 23.3 Å². The number of carboxylic acids is 1. The van der Waals surface area contributed by atoms with Gasteiger partial charge in [-0.3, -0.25) is 9.59 Å². The molecule has 0 aromatic heterocycles. The van der Waals surface area contributed by atoms with E-state index in [0.29, 0.717) is 17.7 Å². The average Bonchev–Trinajstić information content (AvgIpc) is 2.27. The summed E-state index contributed by atoms with van der Waals surface area (Å²) in [4.78, 5) is 22.0. The Bertz CT molecular complexity index is 542. The van der Waals surface area contributed by atoms with Gasteiger partial charge in [0.1, 0.15) is 5.75 Å². The van der Waals surface area contributed by atoms with Crippen LogP contribution in [-0.2, 0) is 20.4 Å². The molecular weight excluding hydrogens is 258 g/mol. The van der Waals surface area contributed by atoms with Crippen LogP contribution in [0.2, 0.25) is 0 Å². The van der Waals surface area contributed by atoms with Crippen LogP contribution in [0.15, 0.2) is 12.1 Å². The molecule has 0 bridgehead atoms. The van der Waals surface area contributed by atoms with Gasteiger partial charge in [0.05, 0.1) is 5.41 Å². The van der Waals surface area contributed by atoms with Crippen LogP contribution in [0.5, 0.6) is 5.75 Å². The summed E-state index contributed by atoms with van der Waals surface area (Å²) in [6.07, 6.45) is 0.534. The molecule has 0 atom stereocenters. The van der Waals surface area contributed by atoms with Crippen LogP contribution in [0, 0.1) is 0 Å². The molecule has 3 N–H and O–H groups in total. The van der Waals surface area contributed by atoms with Gasteiger partial charge < -0.3 is 15.5 Å². The highest BCUT2D eigenvalue weighted by atomic mass is 16.4. The number of aliphatic carboxylic acids is 1. The van der Waals surface area contributed by atoms with Gasteiger partial charge in [0.15, 0.2) is 0 Å². The fourth-order valence-electron chi connectivity index (χ4n) is 2.01. The lowest BCUT2D eigenvalue weighted by Gasteiger charge is -2.27. The summed E-state index contributed by atoms with van der Waals surface area (Å²) in [6.45, 7) is 8.92. The number of aromatic hydroxyl groups is 1. The molecule has 0 fully saturated rings. The van der Waals surface area contributed by atoms with E-state index < -0.39 is 11.4 Å². The Hall–Kier alpha value is -2.04. The molecule has 110 valence electrons. The molecule has 0 unspecified atom stereocenters. The molecule has 1 aromatic rings. The van der Waals surface area contributed by atoms with Gasteiger partial charge in [-0.15, -0.1) is 0 Å². The van der Waals surface area contributed by atoms with E-state index in [4.69, 9.17) is 0 Å². The summed E-state index contributed by atoms with van der Waals surface area (Å²) in [7, 11) is 0. The summed E-state index contributed by atoms with van der Waals surface area (Å²) in [5.74, 6) is -1.17. The van der Waals surface area contributed by atoms with Crippen molar-refractivity contribution < 1.29 is 19.8 Å². The number of benzene rings is 1. The molecule has 0 heterocycles. The second-order valence-corrected chi connectivity index (χ2v) is 6.36. The monoisotopic (exact) mass is 279 g/mol. The number of anilines is 1. The Labute approximate surface area is 118 Å². The third-order valence-corrected chi connectivity index (χ3v) is 3.37. The molecule has 0 saturated carbocycles. The van der Waals surface area contributed by atoms with Gasteiger partial charge in [-0.2, -0.15) is 0 Å². The fraction of sp³-hybridized carbons (Fsp3) is 0.467. The van der Waals surface area contributed by atoms with Crippen LogP contribution in [0.1, 0.15) is 45.7 Å². The van der Waals surface area contributed by atoms with Crippen molar-refractivity contribution in [3.63, 3.8) is 0 Å². The number of rotatable bonds is 4. The first-order valence-electron chi connectivity index (χ1n) is 6.33. The zero-order valence-corrected chi connectivity index (χ0v) is 12.4. The Balaban J connectivity index is 3.59. The van der Waals surface area contributed by atoms with Crippen molar-refractivity contribution in [2.45, 2.75) is 45.4 Å². The van der Waals surface area contributed by atoms with Crippen molar-refractivity contribution >= 4 is 18.1 Å². The molecular formula is C15H21NO4. The number of hydrogen-bond acceptors (Lipinski definition) is 3. The van der Waals surface area contributed by atoms with Crippen LogP contribution < -0.4 is 5.32 Å². The van der Waals surface area contributed by atoms with E-state index >= 15 is 0 Å². The molecule has 0 aliphatic heterocycles. The number of carboxylic acid groups (broad SMARTS) is 1. The van der Waals surface area contributed by atoms with Crippen molar-refractivity contribution in [1.82, 2.24) is 0 Å². The first-order chi connectivity index (χ1) is 9.01. The van der Waals surface area contributed by atoms with Gasteiger partial charge in [0, 0.05) is 17.3 Å². The largest absolute Gasteiger partial charge is 0.508 e. The lowest BCUT2D eigenvalue weighted by atomic mass is 9.78.